The van der Waals surface area contributed by atoms with Crippen molar-refractivity contribution in [1.29, 1.82) is 0 Å². The number of fused-ring (bicyclic) bond motifs is 1. The lowest BCUT2D eigenvalue weighted by molar-refractivity contribution is 0.591. The SMILES string of the molecule is CCNCC1CS(=O)(=O)c2ccccc21. The Balaban J connectivity index is 2.34. The molecule has 4 heteroatoms. The molecule has 1 aromatic carbocycles. The first kappa shape index (κ1) is 10.6. The molecule has 0 spiro atoms. The second kappa shape index (κ2) is 3.94. The maximum atomic E-state index is 11.8. The molecule has 0 bridgehead atoms. The zero-order chi connectivity index (χ0) is 10.9. The highest BCUT2D eigenvalue weighted by Crippen LogP contribution is 2.33. The van der Waals surface area contributed by atoms with Crippen LogP contribution in [-0.4, -0.2) is 27.3 Å². The van der Waals surface area contributed by atoms with Gasteiger partial charge in [-0.25, -0.2) is 8.42 Å². The normalized spacial score (nSPS) is 22.6. The fourth-order valence-electron chi connectivity index (χ4n) is 2.03. The number of likely N-dealkylation sites (N-methyl/N-ethyl adjacent to an activating group) is 1. The first-order valence-corrected chi connectivity index (χ1v) is 6.83. The molecule has 1 aliphatic rings. The van der Waals surface area contributed by atoms with Crippen LogP contribution in [0.4, 0.5) is 0 Å². The van der Waals surface area contributed by atoms with Gasteiger partial charge in [0, 0.05) is 12.5 Å². The minimum atomic E-state index is -3.03. The molecule has 1 atom stereocenters. The van der Waals surface area contributed by atoms with Crippen molar-refractivity contribution in [2.24, 2.45) is 0 Å². The van der Waals surface area contributed by atoms with E-state index >= 15 is 0 Å². The van der Waals surface area contributed by atoms with E-state index in [-0.39, 0.29) is 11.7 Å². The van der Waals surface area contributed by atoms with Crippen molar-refractivity contribution < 1.29 is 8.42 Å². The van der Waals surface area contributed by atoms with Crippen molar-refractivity contribution in [1.82, 2.24) is 5.32 Å². The monoisotopic (exact) mass is 225 g/mol. The summed E-state index contributed by atoms with van der Waals surface area (Å²) in [5.41, 5.74) is 0.971. The molecule has 1 aromatic rings. The van der Waals surface area contributed by atoms with Gasteiger partial charge < -0.3 is 5.32 Å². The maximum Gasteiger partial charge on any atom is 0.179 e. The van der Waals surface area contributed by atoms with Gasteiger partial charge in [-0.15, -0.1) is 0 Å². The van der Waals surface area contributed by atoms with E-state index in [0.29, 0.717) is 4.90 Å². The minimum Gasteiger partial charge on any atom is -0.316 e. The number of hydrogen-bond donors (Lipinski definition) is 1. The first-order chi connectivity index (χ1) is 7.15. The fraction of sp³-hybridized carbons (Fsp3) is 0.455. The molecular formula is C11H15NO2S. The third kappa shape index (κ3) is 1.92. The third-order valence-corrected chi connectivity index (χ3v) is 4.64. The molecule has 2 rings (SSSR count). The van der Waals surface area contributed by atoms with Crippen molar-refractivity contribution in [2.45, 2.75) is 17.7 Å². The lowest BCUT2D eigenvalue weighted by Gasteiger charge is -2.09. The van der Waals surface area contributed by atoms with Crippen molar-refractivity contribution >= 4 is 9.84 Å². The molecule has 1 unspecified atom stereocenters. The zero-order valence-corrected chi connectivity index (χ0v) is 9.55. The van der Waals surface area contributed by atoms with Crippen LogP contribution in [0.25, 0.3) is 0 Å². The van der Waals surface area contributed by atoms with Gasteiger partial charge in [-0.05, 0) is 18.2 Å². The third-order valence-electron chi connectivity index (χ3n) is 2.76. The Labute approximate surface area is 90.4 Å². The van der Waals surface area contributed by atoms with Gasteiger partial charge >= 0.3 is 0 Å². The molecule has 0 saturated carbocycles. The van der Waals surface area contributed by atoms with E-state index in [4.69, 9.17) is 0 Å². The van der Waals surface area contributed by atoms with Crippen molar-refractivity contribution in [3.8, 4) is 0 Å². The average Bonchev–Trinajstić information content (AvgIpc) is 2.49. The summed E-state index contributed by atoms with van der Waals surface area (Å²) in [5.74, 6) is 0.366. The number of rotatable bonds is 3. The van der Waals surface area contributed by atoms with E-state index < -0.39 is 9.84 Å². The molecule has 3 nitrogen and oxygen atoms in total. The van der Waals surface area contributed by atoms with Crippen LogP contribution in [-0.2, 0) is 9.84 Å². The number of benzene rings is 1. The summed E-state index contributed by atoms with van der Waals surface area (Å²) in [7, 11) is -3.03. The predicted octanol–water partition coefficient (Wildman–Crippen LogP) is 1.17. The van der Waals surface area contributed by atoms with Gasteiger partial charge in [0.05, 0.1) is 10.6 Å². The van der Waals surface area contributed by atoms with Crippen molar-refractivity contribution in [2.75, 3.05) is 18.8 Å². The molecule has 0 fully saturated rings. The van der Waals surface area contributed by atoms with Crippen molar-refractivity contribution in [3.63, 3.8) is 0 Å². The van der Waals surface area contributed by atoms with E-state index in [0.717, 1.165) is 18.7 Å². The molecule has 1 aliphatic heterocycles. The predicted molar refractivity (Wildman–Crippen MR) is 59.8 cm³/mol. The number of sulfone groups is 1. The van der Waals surface area contributed by atoms with Crippen LogP contribution < -0.4 is 5.32 Å². The summed E-state index contributed by atoms with van der Waals surface area (Å²) >= 11 is 0. The van der Waals surface area contributed by atoms with Crippen LogP contribution in [0, 0.1) is 0 Å². The van der Waals surface area contributed by atoms with Crippen LogP contribution in [0.15, 0.2) is 29.2 Å². The Morgan fingerprint density at radius 2 is 2.13 bits per heavy atom. The number of nitrogens with one attached hydrogen (secondary N) is 1. The quantitative estimate of drug-likeness (QED) is 0.840. The first-order valence-electron chi connectivity index (χ1n) is 5.17. The van der Waals surface area contributed by atoms with Crippen molar-refractivity contribution in [3.05, 3.63) is 29.8 Å². The summed E-state index contributed by atoms with van der Waals surface area (Å²) in [6, 6.07) is 7.31. The van der Waals surface area contributed by atoms with Gasteiger partial charge in [0.25, 0.3) is 0 Å². The Kier molecular flexibility index (Phi) is 2.80. The van der Waals surface area contributed by atoms with E-state index in [1.54, 1.807) is 12.1 Å². The second-order valence-corrected chi connectivity index (χ2v) is 5.83. The Morgan fingerprint density at radius 1 is 1.40 bits per heavy atom. The molecule has 82 valence electrons. The van der Waals surface area contributed by atoms with E-state index in [1.807, 2.05) is 19.1 Å². The van der Waals surface area contributed by atoms with Gasteiger partial charge in [-0.1, -0.05) is 25.1 Å². The topological polar surface area (TPSA) is 46.2 Å². The summed E-state index contributed by atoms with van der Waals surface area (Å²) in [6.07, 6.45) is 0. The smallest absolute Gasteiger partial charge is 0.179 e. The fourth-order valence-corrected chi connectivity index (χ4v) is 3.92. The van der Waals surface area contributed by atoms with Gasteiger partial charge in [0.15, 0.2) is 9.84 Å². The minimum absolute atomic E-state index is 0.117. The second-order valence-electron chi connectivity index (χ2n) is 3.82. The van der Waals surface area contributed by atoms with Gasteiger partial charge in [-0.2, -0.15) is 0 Å². The Bertz CT molecular complexity index is 453. The van der Waals surface area contributed by atoms with Crippen LogP contribution in [0.1, 0.15) is 18.4 Å². The van der Waals surface area contributed by atoms with E-state index in [9.17, 15) is 8.42 Å². The molecule has 15 heavy (non-hydrogen) atoms. The van der Waals surface area contributed by atoms with Crippen LogP contribution >= 0.6 is 0 Å². The van der Waals surface area contributed by atoms with Crippen LogP contribution in [0.3, 0.4) is 0 Å². The van der Waals surface area contributed by atoms with Gasteiger partial charge in [-0.3, -0.25) is 0 Å². The highest BCUT2D eigenvalue weighted by atomic mass is 32.2. The molecule has 0 aliphatic carbocycles. The lowest BCUT2D eigenvalue weighted by Crippen LogP contribution is -2.22. The lowest BCUT2D eigenvalue weighted by atomic mass is 10.0. The molecule has 0 aromatic heterocycles. The average molecular weight is 225 g/mol. The summed E-state index contributed by atoms with van der Waals surface area (Å²) in [4.78, 5) is 0.521. The summed E-state index contributed by atoms with van der Waals surface area (Å²) in [5, 5.41) is 3.20. The molecule has 0 amide bonds. The molecular weight excluding hydrogens is 210 g/mol. The Morgan fingerprint density at radius 3 is 2.87 bits per heavy atom. The van der Waals surface area contributed by atoms with Crippen LogP contribution in [0.2, 0.25) is 0 Å². The maximum absolute atomic E-state index is 11.8. The van der Waals surface area contributed by atoms with E-state index in [2.05, 4.69) is 5.32 Å². The largest absolute Gasteiger partial charge is 0.316 e. The van der Waals surface area contributed by atoms with Crippen LogP contribution in [0.5, 0.6) is 0 Å². The highest BCUT2D eigenvalue weighted by molar-refractivity contribution is 7.91. The number of hydrogen-bond acceptors (Lipinski definition) is 3. The Hall–Kier alpha value is -0.870. The molecule has 1 N–H and O–H groups in total. The summed E-state index contributed by atoms with van der Waals surface area (Å²) in [6.45, 7) is 3.64. The van der Waals surface area contributed by atoms with E-state index in [1.165, 1.54) is 0 Å². The molecule has 1 heterocycles. The standard InChI is InChI=1S/C11H15NO2S/c1-2-12-7-9-8-15(13,14)11-6-4-3-5-10(9)11/h3-6,9,12H,2,7-8H2,1H3. The van der Waals surface area contributed by atoms with Gasteiger partial charge in [0.1, 0.15) is 0 Å². The molecule has 0 saturated heterocycles. The summed E-state index contributed by atoms with van der Waals surface area (Å²) < 4.78 is 23.6. The molecule has 0 radical (unpaired) electrons. The zero-order valence-electron chi connectivity index (χ0n) is 8.73. The highest BCUT2D eigenvalue weighted by Gasteiger charge is 2.33. The van der Waals surface area contributed by atoms with Gasteiger partial charge in [0.2, 0.25) is 0 Å².